The Morgan fingerprint density at radius 2 is 2.00 bits per heavy atom. The van der Waals surface area contributed by atoms with E-state index in [2.05, 4.69) is 31.3 Å². The van der Waals surface area contributed by atoms with Gasteiger partial charge in [-0.1, -0.05) is 11.6 Å². The van der Waals surface area contributed by atoms with Gasteiger partial charge in [-0.25, -0.2) is 0 Å². The molecule has 2 aliphatic carbocycles. The van der Waals surface area contributed by atoms with Crippen molar-refractivity contribution in [3.63, 3.8) is 0 Å². The molecule has 2 saturated carbocycles. The molecular formula is C20H25N3O. The summed E-state index contributed by atoms with van der Waals surface area (Å²) in [5.74, 6) is 1.07. The van der Waals surface area contributed by atoms with E-state index < -0.39 is 0 Å². The topological polar surface area (TPSA) is 68.0 Å². The number of carbonyl (C=O) groups excluding carboxylic acids is 1. The molecule has 24 heavy (non-hydrogen) atoms. The third-order valence-electron chi connectivity index (χ3n) is 5.27. The van der Waals surface area contributed by atoms with Crippen LogP contribution >= 0.6 is 0 Å². The predicted molar refractivity (Wildman–Crippen MR) is 96.2 cm³/mol. The fraction of sp³-hybridized carbons (Fsp3) is 0.500. The SMILES string of the molecule is Cc1cc(C)c2nc(C3CC3)cc(C(=O)NC(CN)C3CC3)c2c1. The molecule has 0 radical (unpaired) electrons. The van der Waals surface area contributed by atoms with Crippen molar-refractivity contribution in [3.05, 3.63) is 40.6 Å². The monoisotopic (exact) mass is 323 g/mol. The van der Waals surface area contributed by atoms with Crippen LogP contribution in [0.25, 0.3) is 10.9 Å². The number of hydrogen-bond acceptors (Lipinski definition) is 3. The Balaban J connectivity index is 1.78. The number of aromatic nitrogens is 1. The van der Waals surface area contributed by atoms with E-state index in [1.807, 2.05) is 6.07 Å². The van der Waals surface area contributed by atoms with Crippen molar-refractivity contribution in [2.45, 2.75) is 51.5 Å². The molecule has 0 spiro atoms. The molecule has 3 N–H and O–H groups in total. The van der Waals surface area contributed by atoms with Crippen molar-refractivity contribution < 1.29 is 4.79 Å². The van der Waals surface area contributed by atoms with Crippen molar-refractivity contribution in [2.75, 3.05) is 6.54 Å². The summed E-state index contributed by atoms with van der Waals surface area (Å²) in [5.41, 5.74) is 10.9. The van der Waals surface area contributed by atoms with Crippen LogP contribution < -0.4 is 11.1 Å². The zero-order valence-corrected chi connectivity index (χ0v) is 14.4. The van der Waals surface area contributed by atoms with E-state index in [9.17, 15) is 4.79 Å². The lowest BCUT2D eigenvalue weighted by molar-refractivity contribution is 0.0935. The Morgan fingerprint density at radius 3 is 2.62 bits per heavy atom. The number of benzene rings is 1. The van der Waals surface area contributed by atoms with Crippen LogP contribution in [-0.4, -0.2) is 23.5 Å². The highest BCUT2D eigenvalue weighted by Crippen LogP contribution is 2.40. The summed E-state index contributed by atoms with van der Waals surface area (Å²) in [6, 6.07) is 6.32. The second-order valence-electron chi connectivity index (χ2n) is 7.50. The van der Waals surface area contributed by atoms with Crippen molar-refractivity contribution in [1.82, 2.24) is 10.3 Å². The number of carbonyl (C=O) groups is 1. The number of fused-ring (bicyclic) bond motifs is 1. The van der Waals surface area contributed by atoms with E-state index in [1.165, 1.54) is 25.7 Å². The van der Waals surface area contributed by atoms with Crippen molar-refractivity contribution in [3.8, 4) is 0 Å². The summed E-state index contributed by atoms with van der Waals surface area (Å²) in [6.07, 6.45) is 4.70. The summed E-state index contributed by atoms with van der Waals surface area (Å²) in [5, 5.41) is 4.13. The van der Waals surface area contributed by atoms with Crippen molar-refractivity contribution >= 4 is 16.8 Å². The molecule has 1 atom stereocenters. The maximum Gasteiger partial charge on any atom is 0.252 e. The van der Waals surface area contributed by atoms with Gasteiger partial charge in [0.25, 0.3) is 5.91 Å². The average Bonchev–Trinajstić information content (AvgIpc) is 3.44. The van der Waals surface area contributed by atoms with Gasteiger partial charge < -0.3 is 11.1 Å². The van der Waals surface area contributed by atoms with Gasteiger partial charge in [-0.15, -0.1) is 0 Å². The predicted octanol–water partition coefficient (Wildman–Crippen LogP) is 3.20. The second-order valence-corrected chi connectivity index (χ2v) is 7.50. The van der Waals surface area contributed by atoms with Gasteiger partial charge in [0.2, 0.25) is 0 Å². The van der Waals surface area contributed by atoms with Crippen molar-refractivity contribution in [2.24, 2.45) is 11.7 Å². The van der Waals surface area contributed by atoms with Crippen LogP contribution in [-0.2, 0) is 0 Å². The Morgan fingerprint density at radius 1 is 1.25 bits per heavy atom. The smallest absolute Gasteiger partial charge is 0.252 e. The number of nitrogens with two attached hydrogens (primary N) is 1. The molecule has 0 saturated heterocycles. The number of pyridine rings is 1. The van der Waals surface area contributed by atoms with Gasteiger partial charge in [0.1, 0.15) is 0 Å². The highest BCUT2D eigenvalue weighted by Gasteiger charge is 2.32. The number of nitrogens with zero attached hydrogens (tertiary/aromatic N) is 1. The van der Waals surface area contributed by atoms with Gasteiger partial charge in [0.15, 0.2) is 0 Å². The van der Waals surface area contributed by atoms with Gasteiger partial charge in [0.05, 0.1) is 11.1 Å². The molecule has 1 heterocycles. The summed E-state index contributed by atoms with van der Waals surface area (Å²) in [6.45, 7) is 4.65. The summed E-state index contributed by atoms with van der Waals surface area (Å²) < 4.78 is 0. The van der Waals surface area contributed by atoms with Crippen LogP contribution in [0, 0.1) is 19.8 Å². The molecule has 2 aliphatic rings. The quantitative estimate of drug-likeness (QED) is 0.888. The Hall–Kier alpha value is -1.94. The number of hydrogen-bond donors (Lipinski definition) is 2. The van der Waals surface area contributed by atoms with E-state index in [1.54, 1.807) is 0 Å². The molecule has 4 nitrogen and oxygen atoms in total. The van der Waals surface area contributed by atoms with E-state index >= 15 is 0 Å². The summed E-state index contributed by atoms with van der Waals surface area (Å²) in [7, 11) is 0. The zero-order chi connectivity index (χ0) is 16.8. The molecule has 2 fully saturated rings. The van der Waals surface area contributed by atoms with E-state index in [0.29, 0.717) is 18.4 Å². The maximum absolute atomic E-state index is 13.0. The molecule has 1 unspecified atom stereocenters. The van der Waals surface area contributed by atoms with E-state index in [0.717, 1.165) is 33.3 Å². The molecule has 2 aromatic rings. The van der Waals surface area contributed by atoms with Crippen LogP contribution in [0.2, 0.25) is 0 Å². The first-order chi connectivity index (χ1) is 11.6. The molecule has 0 bridgehead atoms. The molecule has 4 heteroatoms. The summed E-state index contributed by atoms with van der Waals surface area (Å²) in [4.78, 5) is 17.8. The van der Waals surface area contributed by atoms with Gasteiger partial charge in [-0.3, -0.25) is 9.78 Å². The Bertz CT molecular complexity index is 806. The first-order valence-electron chi connectivity index (χ1n) is 8.99. The van der Waals surface area contributed by atoms with E-state index in [-0.39, 0.29) is 11.9 Å². The van der Waals surface area contributed by atoms with Crippen LogP contribution in [0.15, 0.2) is 18.2 Å². The largest absolute Gasteiger partial charge is 0.348 e. The molecule has 126 valence electrons. The fourth-order valence-corrected chi connectivity index (χ4v) is 3.59. The van der Waals surface area contributed by atoms with E-state index in [4.69, 9.17) is 10.7 Å². The first-order valence-corrected chi connectivity index (χ1v) is 8.99. The number of nitrogens with one attached hydrogen (secondary N) is 1. The number of aryl methyl sites for hydroxylation is 2. The standard InChI is InChI=1S/C20H25N3O/c1-11-7-12(2)19-15(8-11)16(9-17(22-19)13-3-4-13)20(24)23-18(10-21)14-5-6-14/h7-9,13-14,18H,3-6,10,21H2,1-2H3,(H,23,24). The van der Waals surface area contributed by atoms with Gasteiger partial charge >= 0.3 is 0 Å². The van der Waals surface area contributed by atoms with Crippen LogP contribution in [0.5, 0.6) is 0 Å². The van der Waals surface area contributed by atoms with Crippen LogP contribution in [0.3, 0.4) is 0 Å². The molecule has 0 aliphatic heterocycles. The average molecular weight is 323 g/mol. The lowest BCUT2D eigenvalue weighted by Gasteiger charge is -2.18. The molecule has 4 rings (SSSR count). The fourth-order valence-electron chi connectivity index (χ4n) is 3.59. The third kappa shape index (κ3) is 2.91. The van der Waals surface area contributed by atoms with Crippen LogP contribution in [0.1, 0.15) is 58.8 Å². The van der Waals surface area contributed by atoms with Gasteiger partial charge in [-0.2, -0.15) is 0 Å². The Labute approximate surface area is 142 Å². The molecular weight excluding hydrogens is 298 g/mol. The maximum atomic E-state index is 13.0. The molecule has 1 aromatic heterocycles. The molecule has 1 amide bonds. The minimum atomic E-state index is -0.00310. The Kier molecular flexibility index (Phi) is 3.80. The highest BCUT2D eigenvalue weighted by atomic mass is 16.1. The molecule has 1 aromatic carbocycles. The highest BCUT2D eigenvalue weighted by molar-refractivity contribution is 6.07. The van der Waals surface area contributed by atoms with Gasteiger partial charge in [0, 0.05) is 29.6 Å². The lowest BCUT2D eigenvalue weighted by atomic mass is 10.00. The number of amides is 1. The normalized spacial score (nSPS) is 18.6. The number of rotatable bonds is 5. The zero-order valence-electron chi connectivity index (χ0n) is 14.4. The lowest BCUT2D eigenvalue weighted by Crippen LogP contribution is -2.41. The van der Waals surface area contributed by atoms with Crippen LogP contribution in [0.4, 0.5) is 0 Å². The third-order valence-corrected chi connectivity index (χ3v) is 5.27. The summed E-state index contributed by atoms with van der Waals surface area (Å²) >= 11 is 0. The van der Waals surface area contributed by atoms with Gasteiger partial charge in [-0.05, 0) is 63.1 Å². The minimum absolute atomic E-state index is 0.00310. The van der Waals surface area contributed by atoms with Crippen molar-refractivity contribution in [1.29, 1.82) is 0 Å². The first kappa shape index (κ1) is 15.6. The second kappa shape index (κ2) is 5.85. The minimum Gasteiger partial charge on any atom is -0.348 e.